The van der Waals surface area contributed by atoms with Crippen molar-refractivity contribution in [3.05, 3.63) is 59.7 Å². The van der Waals surface area contributed by atoms with Crippen LogP contribution < -0.4 is 0 Å². The minimum absolute atomic E-state index is 0.178. The van der Waals surface area contributed by atoms with Crippen LogP contribution in [0.3, 0.4) is 0 Å². The smallest absolute Gasteiger partial charge is 0.123 e. The molecule has 1 aromatic heterocycles. The first-order chi connectivity index (χ1) is 10.2. The van der Waals surface area contributed by atoms with Crippen molar-refractivity contribution in [3.8, 4) is 0 Å². The van der Waals surface area contributed by atoms with Gasteiger partial charge in [-0.05, 0) is 36.2 Å². The van der Waals surface area contributed by atoms with E-state index in [1.807, 2.05) is 25.4 Å². The average molecular weight is 290 g/mol. The summed E-state index contributed by atoms with van der Waals surface area (Å²) in [5.41, 5.74) is 2.26. The summed E-state index contributed by atoms with van der Waals surface area (Å²) in [6.07, 6.45) is 3.01. The molecule has 0 aliphatic carbocycles. The van der Waals surface area contributed by atoms with Crippen molar-refractivity contribution in [1.82, 2.24) is 9.47 Å². The monoisotopic (exact) mass is 290 g/mol. The molecule has 0 saturated heterocycles. The van der Waals surface area contributed by atoms with Gasteiger partial charge in [0.25, 0.3) is 0 Å². The number of halogens is 1. The van der Waals surface area contributed by atoms with Gasteiger partial charge in [0.15, 0.2) is 0 Å². The average Bonchev–Trinajstić information content (AvgIpc) is 2.84. The van der Waals surface area contributed by atoms with Crippen molar-refractivity contribution in [1.29, 1.82) is 0 Å². The zero-order valence-electron chi connectivity index (χ0n) is 12.8. The van der Waals surface area contributed by atoms with Crippen molar-refractivity contribution < 1.29 is 9.13 Å². The zero-order valence-corrected chi connectivity index (χ0v) is 12.8. The zero-order chi connectivity index (χ0) is 15.1. The highest BCUT2D eigenvalue weighted by Crippen LogP contribution is 2.12. The number of rotatable bonds is 8. The van der Waals surface area contributed by atoms with Crippen molar-refractivity contribution in [2.75, 3.05) is 20.3 Å². The first-order valence-corrected chi connectivity index (χ1v) is 7.25. The molecule has 0 atom stereocenters. The van der Waals surface area contributed by atoms with E-state index >= 15 is 0 Å². The number of nitrogens with zero attached hydrogens (tertiary/aromatic N) is 2. The molecule has 0 radical (unpaired) electrons. The lowest BCUT2D eigenvalue weighted by Gasteiger charge is -2.22. The molecule has 3 nitrogen and oxygen atoms in total. The highest BCUT2D eigenvalue weighted by Gasteiger charge is 2.09. The largest absolute Gasteiger partial charge is 0.385 e. The molecule has 0 N–H and O–H groups in total. The molecule has 0 aliphatic heterocycles. The molecule has 1 heterocycles. The van der Waals surface area contributed by atoms with Gasteiger partial charge in [0.1, 0.15) is 5.82 Å². The molecule has 0 saturated carbocycles. The predicted octanol–water partition coefficient (Wildman–Crippen LogP) is 3.20. The van der Waals surface area contributed by atoms with E-state index in [1.165, 1.54) is 11.8 Å². The number of ether oxygens (including phenoxy) is 1. The van der Waals surface area contributed by atoms with Gasteiger partial charge >= 0.3 is 0 Å². The van der Waals surface area contributed by atoms with Crippen molar-refractivity contribution in [2.24, 2.45) is 7.05 Å². The fourth-order valence-corrected chi connectivity index (χ4v) is 2.43. The van der Waals surface area contributed by atoms with Crippen molar-refractivity contribution >= 4 is 0 Å². The fraction of sp³-hybridized carbons (Fsp3) is 0.412. The number of hydrogen-bond donors (Lipinski definition) is 0. The van der Waals surface area contributed by atoms with Crippen LogP contribution in [-0.4, -0.2) is 29.7 Å². The Bertz CT molecular complexity index is 553. The van der Waals surface area contributed by atoms with Gasteiger partial charge in [0, 0.05) is 52.3 Å². The van der Waals surface area contributed by atoms with E-state index < -0.39 is 0 Å². The fourth-order valence-electron chi connectivity index (χ4n) is 2.43. The Morgan fingerprint density at radius 1 is 1.19 bits per heavy atom. The van der Waals surface area contributed by atoms with Crippen LogP contribution in [-0.2, 0) is 24.9 Å². The van der Waals surface area contributed by atoms with Crippen LogP contribution in [0.1, 0.15) is 17.7 Å². The van der Waals surface area contributed by atoms with Crippen molar-refractivity contribution in [2.45, 2.75) is 19.5 Å². The maximum atomic E-state index is 13.3. The first kappa shape index (κ1) is 15.7. The number of hydrogen-bond acceptors (Lipinski definition) is 2. The second-order valence-electron chi connectivity index (χ2n) is 5.30. The standard InChI is InChI=1S/C17H23FN2O/c1-19-9-4-8-17(19)14-20(10-5-11-21-2)13-15-6-3-7-16(18)12-15/h3-4,6-9,12H,5,10-11,13-14H2,1-2H3. The van der Waals surface area contributed by atoms with Gasteiger partial charge in [-0.25, -0.2) is 4.39 Å². The maximum Gasteiger partial charge on any atom is 0.123 e. The van der Waals surface area contributed by atoms with Gasteiger partial charge in [-0.15, -0.1) is 0 Å². The molecule has 2 rings (SSSR count). The number of aryl methyl sites for hydroxylation is 1. The van der Waals surface area contributed by atoms with Crippen LogP contribution in [0.4, 0.5) is 4.39 Å². The van der Waals surface area contributed by atoms with Crippen LogP contribution in [0.5, 0.6) is 0 Å². The maximum absolute atomic E-state index is 13.3. The third-order valence-electron chi connectivity index (χ3n) is 3.55. The number of methoxy groups -OCH3 is 1. The first-order valence-electron chi connectivity index (χ1n) is 7.25. The molecule has 114 valence electrons. The van der Waals surface area contributed by atoms with Gasteiger partial charge in [-0.2, -0.15) is 0 Å². The quantitative estimate of drug-likeness (QED) is 0.695. The molecule has 4 heteroatoms. The number of benzene rings is 1. The normalized spacial score (nSPS) is 11.2. The van der Waals surface area contributed by atoms with E-state index in [0.29, 0.717) is 0 Å². The summed E-state index contributed by atoms with van der Waals surface area (Å²) < 4.78 is 20.6. The third kappa shape index (κ3) is 4.99. The molecular formula is C17H23FN2O. The van der Waals surface area contributed by atoms with E-state index in [-0.39, 0.29) is 5.82 Å². The second kappa shape index (κ2) is 7.96. The van der Waals surface area contributed by atoms with Crippen molar-refractivity contribution in [3.63, 3.8) is 0 Å². The van der Waals surface area contributed by atoms with Gasteiger partial charge in [-0.3, -0.25) is 4.90 Å². The molecule has 2 aromatic rings. The predicted molar refractivity (Wildman–Crippen MR) is 82.4 cm³/mol. The molecular weight excluding hydrogens is 267 g/mol. The van der Waals surface area contributed by atoms with Crippen LogP contribution in [0, 0.1) is 5.82 Å². The topological polar surface area (TPSA) is 17.4 Å². The highest BCUT2D eigenvalue weighted by atomic mass is 19.1. The molecule has 0 amide bonds. The molecule has 0 fully saturated rings. The molecule has 0 unspecified atom stereocenters. The molecule has 1 aromatic carbocycles. The Balaban J connectivity index is 2.02. The number of aromatic nitrogens is 1. The molecule has 21 heavy (non-hydrogen) atoms. The molecule has 0 spiro atoms. The van der Waals surface area contributed by atoms with E-state index in [1.54, 1.807) is 19.2 Å². The lowest BCUT2D eigenvalue weighted by atomic mass is 10.2. The Kier molecular flexibility index (Phi) is 5.96. The second-order valence-corrected chi connectivity index (χ2v) is 5.30. The van der Waals surface area contributed by atoms with Gasteiger partial charge in [0.05, 0.1) is 0 Å². The summed E-state index contributed by atoms with van der Waals surface area (Å²) in [5, 5.41) is 0. The summed E-state index contributed by atoms with van der Waals surface area (Å²) in [4.78, 5) is 2.32. The van der Waals surface area contributed by atoms with Crippen LogP contribution in [0.2, 0.25) is 0 Å². The van der Waals surface area contributed by atoms with E-state index in [9.17, 15) is 4.39 Å². The minimum Gasteiger partial charge on any atom is -0.385 e. The van der Waals surface area contributed by atoms with E-state index in [2.05, 4.69) is 15.5 Å². The SMILES string of the molecule is COCCCN(Cc1cccc(F)c1)Cc1cccn1C. The van der Waals surface area contributed by atoms with E-state index in [4.69, 9.17) is 4.74 Å². The summed E-state index contributed by atoms with van der Waals surface area (Å²) >= 11 is 0. The lowest BCUT2D eigenvalue weighted by Crippen LogP contribution is -2.26. The van der Waals surface area contributed by atoms with Crippen LogP contribution in [0.25, 0.3) is 0 Å². The Morgan fingerprint density at radius 2 is 2.05 bits per heavy atom. The minimum atomic E-state index is -0.178. The highest BCUT2D eigenvalue weighted by molar-refractivity contribution is 5.16. The summed E-state index contributed by atoms with van der Waals surface area (Å²) in [6, 6.07) is 11.0. The van der Waals surface area contributed by atoms with Gasteiger partial charge < -0.3 is 9.30 Å². The van der Waals surface area contributed by atoms with Crippen LogP contribution in [0.15, 0.2) is 42.6 Å². The van der Waals surface area contributed by atoms with Gasteiger partial charge in [-0.1, -0.05) is 12.1 Å². The van der Waals surface area contributed by atoms with Crippen LogP contribution >= 0.6 is 0 Å². The Morgan fingerprint density at radius 3 is 2.71 bits per heavy atom. The third-order valence-corrected chi connectivity index (χ3v) is 3.55. The summed E-state index contributed by atoms with van der Waals surface area (Å²) in [6.45, 7) is 3.26. The molecule has 0 aliphatic rings. The van der Waals surface area contributed by atoms with Gasteiger partial charge in [0.2, 0.25) is 0 Å². The lowest BCUT2D eigenvalue weighted by molar-refractivity contribution is 0.165. The molecule has 0 bridgehead atoms. The van der Waals surface area contributed by atoms with E-state index in [0.717, 1.165) is 38.2 Å². The Hall–Kier alpha value is -1.65. The summed E-state index contributed by atoms with van der Waals surface area (Å²) in [7, 11) is 3.76. The Labute approximate surface area is 126 Å². The summed E-state index contributed by atoms with van der Waals surface area (Å²) in [5.74, 6) is -0.178.